The van der Waals surface area contributed by atoms with Crippen molar-refractivity contribution in [1.82, 2.24) is 15.3 Å². The van der Waals surface area contributed by atoms with E-state index in [2.05, 4.69) is 15.3 Å². The van der Waals surface area contributed by atoms with Gasteiger partial charge in [-0.1, -0.05) is 13.8 Å². The molecule has 0 aliphatic heterocycles. The van der Waals surface area contributed by atoms with Crippen molar-refractivity contribution in [2.75, 3.05) is 13.1 Å². The molecule has 0 aliphatic rings. The van der Waals surface area contributed by atoms with Gasteiger partial charge in [0, 0.05) is 12.5 Å². The van der Waals surface area contributed by atoms with E-state index in [1.165, 1.54) is 6.07 Å². The molecule has 0 amide bonds. The van der Waals surface area contributed by atoms with Crippen LogP contribution < -0.4 is 5.32 Å². The minimum atomic E-state index is -4.32. The Morgan fingerprint density at radius 3 is 2.74 bits per heavy atom. The van der Waals surface area contributed by atoms with Gasteiger partial charge in [0.15, 0.2) is 0 Å². The average Bonchev–Trinajstić information content (AvgIpc) is 2.77. The first kappa shape index (κ1) is 13.9. The zero-order valence-corrected chi connectivity index (χ0v) is 10.8. The Bertz CT molecular complexity index is 560. The third kappa shape index (κ3) is 3.07. The molecule has 0 saturated carbocycles. The number of nitrogens with zero attached hydrogens (tertiary/aromatic N) is 1. The molecule has 1 aromatic heterocycles. The zero-order valence-electron chi connectivity index (χ0n) is 10.8. The molecule has 6 heteroatoms. The lowest BCUT2D eigenvalue weighted by atomic mass is 10.2. The Kier molecular flexibility index (Phi) is 3.80. The summed E-state index contributed by atoms with van der Waals surface area (Å²) in [5.41, 5.74) is 0.328. The Morgan fingerprint density at radius 2 is 2.11 bits per heavy atom. The van der Waals surface area contributed by atoms with Crippen molar-refractivity contribution in [2.24, 2.45) is 0 Å². The lowest BCUT2D eigenvalue weighted by molar-refractivity contribution is -0.137. The van der Waals surface area contributed by atoms with E-state index < -0.39 is 11.7 Å². The second-order valence-corrected chi connectivity index (χ2v) is 4.56. The second-order valence-electron chi connectivity index (χ2n) is 4.56. The van der Waals surface area contributed by atoms with Crippen LogP contribution in [0.5, 0.6) is 0 Å². The number of imidazole rings is 1. The van der Waals surface area contributed by atoms with Crippen molar-refractivity contribution in [3.8, 4) is 0 Å². The summed E-state index contributed by atoms with van der Waals surface area (Å²) in [6.07, 6.45) is -4.32. The number of nitrogens with one attached hydrogen (secondary N) is 2. The maximum absolute atomic E-state index is 12.6. The number of aromatic nitrogens is 2. The van der Waals surface area contributed by atoms with E-state index in [1.54, 1.807) is 0 Å². The van der Waals surface area contributed by atoms with Gasteiger partial charge in [-0.25, -0.2) is 4.98 Å². The molecule has 0 saturated heterocycles. The van der Waals surface area contributed by atoms with Gasteiger partial charge in [0.1, 0.15) is 5.82 Å². The average molecular weight is 271 g/mol. The fourth-order valence-electron chi connectivity index (χ4n) is 1.90. The number of alkyl halides is 3. The maximum atomic E-state index is 12.6. The van der Waals surface area contributed by atoms with Crippen LogP contribution in [0.3, 0.4) is 0 Å². The van der Waals surface area contributed by atoms with Crippen LogP contribution >= 0.6 is 0 Å². The number of fused-ring (bicyclic) bond motifs is 1. The standard InChI is InChI=1S/C13H16F3N3/c1-3-17-7-8(2)12-18-10-5-4-9(13(14,15)16)6-11(10)19-12/h4-6,8,17H,3,7H2,1-2H3,(H,18,19). The van der Waals surface area contributed by atoms with E-state index in [0.717, 1.165) is 25.2 Å². The molecule has 104 valence electrons. The topological polar surface area (TPSA) is 40.7 Å². The van der Waals surface area contributed by atoms with Crippen molar-refractivity contribution < 1.29 is 13.2 Å². The first-order valence-electron chi connectivity index (χ1n) is 6.19. The number of H-pyrrole nitrogens is 1. The molecule has 0 radical (unpaired) electrons. The summed E-state index contributed by atoms with van der Waals surface area (Å²) < 4.78 is 37.8. The van der Waals surface area contributed by atoms with Crippen LogP contribution in [0.15, 0.2) is 18.2 Å². The molecule has 1 aromatic carbocycles. The van der Waals surface area contributed by atoms with Gasteiger partial charge in [-0.3, -0.25) is 0 Å². The predicted molar refractivity (Wildman–Crippen MR) is 68.1 cm³/mol. The van der Waals surface area contributed by atoms with Gasteiger partial charge < -0.3 is 10.3 Å². The molecule has 3 nitrogen and oxygen atoms in total. The van der Waals surface area contributed by atoms with Gasteiger partial charge in [0.2, 0.25) is 0 Å². The molecule has 0 fully saturated rings. The van der Waals surface area contributed by atoms with Crippen molar-refractivity contribution in [3.63, 3.8) is 0 Å². The molecule has 19 heavy (non-hydrogen) atoms. The molecule has 1 atom stereocenters. The lowest BCUT2D eigenvalue weighted by Gasteiger charge is -2.07. The fourth-order valence-corrected chi connectivity index (χ4v) is 1.90. The van der Waals surface area contributed by atoms with E-state index in [9.17, 15) is 13.2 Å². The van der Waals surface area contributed by atoms with Gasteiger partial charge in [-0.2, -0.15) is 13.2 Å². The van der Waals surface area contributed by atoms with Crippen LogP contribution in [0.2, 0.25) is 0 Å². The summed E-state index contributed by atoms with van der Waals surface area (Å²) >= 11 is 0. The van der Waals surface area contributed by atoms with Crippen LogP contribution in [0.4, 0.5) is 13.2 Å². The van der Waals surface area contributed by atoms with Crippen LogP contribution in [-0.4, -0.2) is 23.1 Å². The molecular formula is C13H16F3N3. The fraction of sp³-hybridized carbons (Fsp3) is 0.462. The van der Waals surface area contributed by atoms with Gasteiger partial charge in [0.25, 0.3) is 0 Å². The van der Waals surface area contributed by atoms with Gasteiger partial charge >= 0.3 is 6.18 Å². The quantitative estimate of drug-likeness (QED) is 0.895. The van der Waals surface area contributed by atoms with Crippen LogP contribution in [0, 0.1) is 0 Å². The summed E-state index contributed by atoms with van der Waals surface area (Å²) in [5.74, 6) is 0.831. The zero-order chi connectivity index (χ0) is 14.0. The molecule has 0 aliphatic carbocycles. The maximum Gasteiger partial charge on any atom is 0.416 e. The summed E-state index contributed by atoms with van der Waals surface area (Å²) in [4.78, 5) is 7.29. The molecule has 2 N–H and O–H groups in total. The third-order valence-electron chi connectivity index (χ3n) is 2.99. The largest absolute Gasteiger partial charge is 0.416 e. The Balaban J connectivity index is 2.30. The second kappa shape index (κ2) is 5.21. The number of benzene rings is 1. The summed E-state index contributed by atoms with van der Waals surface area (Å²) in [7, 11) is 0. The smallest absolute Gasteiger partial charge is 0.342 e. The van der Waals surface area contributed by atoms with Crippen molar-refractivity contribution >= 4 is 11.0 Å². The number of aromatic amines is 1. The SMILES string of the molecule is CCNCC(C)c1nc2ccc(C(F)(F)F)cc2[nH]1. The Labute approximate surface area is 109 Å². The highest BCUT2D eigenvalue weighted by molar-refractivity contribution is 5.76. The van der Waals surface area contributed by atoms with Gasteiger partial charge in [0.05, 0.1) is 16.6 Å². The summed E-state index contributed by atoms with van der Waals surface area (Å²) in [5, 5.41) is 3.19. The normalized spacial score (nSPS) is 13.9. The van der Waals surface area contributed by atoms with E-state index in [0.29, 0.717) is 16.9 Å². The minimum Gasteiger partial charge on any atom is -0.342 e. The molecular weight excluding hydrogens is 255 g/mol. The van der Waals surface area contributed by atoms with Crippen molar-refractivity contribution in [3.05, 3.63) is 29.6 Å². The molecule has 2 rings (SSSR count). The highest BCUT2D eigenvalue weighted by Gasteiger charge is 2.30. The molecule has 2 aromatic rings. The predicted octanol–water partition coefficient (Wildman–Crippen LogP) is 3.29. The molecule has 0 bridgehead atoms. The van der Waals surface area contributed by atoms with Crippen LogP contribution in [-0.2, 0) is 6.18 Å². The van der Waals surface area contributed by atoms with E-state index >= 15 is 0 Å². The van der Waals surface area contributed by atoms with E-state index in [-0.39, 0.29) is 5.92 Å². The third-order valence-corrected chi connectivity index (χ3v) is 2.99. The first-order chi connectivity index (χ1) is 8.91. The number of hydrogen-bond acceptors (Lipinski definition) is 2. The number of hydrogen-bond donors (Lipinski definition) is 2. The molecule has 0 spiro atoms. The summed E-state index contributed by atoms with van der Waals surface area (Å²) in [6, 6.07) is 3.56. The van der Waals surface area contributed by atoms with E-state index in [1.807, 2.05) is 13.8 Å². The minimum absolute atomic E-state index is 0.127. The van der Waals surface area contributed by atoms with Gasteiger partial charge in [-0.05, 0) is 24.7 Å². The molecule has 1 heterocycles. The monoisotopic (exact) mass is 271 g/mol. The van der Waals surface area contributed by atoms with E-state index in [4.69, 9.17) is 0 Å². The van der Waals surface area contributed by atoms with Gasteiger partial charge in [-0.15, -0.1) is 0 Å². The van der Waals surface area contributed by atoms with Crippen molar-refractivity contribution in [1.29, 1.82) is 0 Å². The highest BCUT2D eigenvalue weighted by Crippen LogP contribution is 2.31. The Hall–Kier alpha value is -1.56. The van der Waals surface area contributed by atoms with Crippen molar-refractivity contribution in [2.45, 2.75) is 25.9 Å². The molecule has 1 unspecified atom stereocenters. The number of likely N-dealkylation sites (N-methyl/N-ethyl adjacent to an activating group) is 1. The van der Waals surface area contributed by atoms with Crippen LogP contribution in [0.1, 0.15) is 31.2 Å². The number of rotatable bonds is 4. The lowest BCUT2D eigenvalue weighted by Crippen LogP contribution is -2.19. The first-order valence-corrected chi connectivity index (χ1v) is 6.19. The number of halogens is 3. The van der Waals surface area contributed by atoms with Crippen LogP contribution in [0.25, 0.3) is 11.0 Å². The Morgan fingerprint density at radius 1 is 1.37 bits per heavy atom. The highest BCUT2D eigenvalue weighted by atomic mass is 19.4. The summed E-state index contributed by atoms with van der Waals surface area (Å²) in [6.45, 7) is 5.57.